The SMILES string of the molecule is CCO[Si](C)(N=C=O)OCC. The second kappa shape index (κ2) is 5.20. The van der Waals surface area contributed by atoms with E-state index in [-0.39, 0.29) is 0 Å². The van der Waals surface area contributed by atoms with Crippen molar-refractivity contribution in [2.75, 3.05) is 13.2 Å². The lowest BCUT2D eigenvalue weighted by molar-refractivity contribution is 0.191. The summed E-state index contributed by atoms with van der Waals surface area (Å²) in [5, 5.41) is 0. The van der Waals surface area contributed by atoms with Crippen LogP contribution in [0.5, 0.6) is 0 Å². The predicted molar refractivity (Wildman–Crippen MR) is 43.0 cm³/mol. The van der Waals surface area contributed by atoms with Crippen LogP contribution in [0.15, 0.2) is 4.66 Å². The molecule has 0 aromatic rings. The first-order chi connectivity index (χ1) is 5.18. The fraction of sp³-hybridized carbons (Fsp3) is 0.833. The number of hydrogen-bond donors (Lipinski definition) is 0. The quantitative estimate of drug-likeness (QED) is 0.355. The summed E-state index contributed by atoms with van der Waals surface area (Å²) in [5.74, 6) is 0. The van der Waals surface area contributed by atoms with Crippen molar-refractivity contribution in [3.8, 4) is 0 Å². The van der Waals surface area contributed by atoms with Crippen molar-refractivity contribution in [1.29, 1.82) is 0 Å². The fourth-order valence-electron chi connectivity index (χ4n) is 0.725. The molecule has 0 aromatic heterocycles. The van der Waals surface area contributed by atoms with Crippen LogP contribution in [0.25, 0.3) is 0 Å². The Labute approximate surface area is 67.6 Å². The standard InChI is InChI=1S/C6H13NO3Si/c1-4-9-11(3,7-6-8)10-5-2/h4-5H2,1-3H3. The van der Waals surface area contributed by atoms with E-state index in [9.17, 15) is 4.79 Å². The van der Waals surface area contributed by atoms with E-state index in [0.29, 0.717) is 13.2 Å². The molecule has 0 atom stereocenters. The minimum atomic E-state index is -2.55. The maximum absolute atomic E-state index is 9.95. The first-order valence-electron chi connectivity index (χ1n) is 3.55. The van der Waals surface area contributed by atoms with Gasteiger partial charge in [-0.3, -0.25) is 0 Å². The summed E-state index contributed by atoms with van der Waals surface area (Å²) in [7, 11) is -2.55. The average molecular weight is 175 g/mol. The van der Waals surface area contributed by atoms with E-state index < -0.39 is 8.72 Å². The molecule has 0 fully saturated rings. The maximum Gasteiger partial charge on any atom is 0.485 e. The van der Waals surface area contributed by atoms with Crippen molar-refractivity contribution in [2.24, 2.45) is 4.66 Å². The van der Waals surface area contributed by atoms with Gasteiger partial charge in [-0.25, -0.2) is 4.79 Å². The van der Waals surface area contributed by atoms with Gasteiger partial charge in [0, 0.05) is 19.8 Å². The molecule has 0 unspecified atom stereocenters. The van der Waals surface area contributed by atoms with Crippen LogP contribution < -0.4 is 0 Å². The highest BCUT2D eigenvalue weighted by Crippen LogP contribution is 2.06. The van der Waals surface area contributed by atoms with Crippen LogP contribution in [-0.4, -0.2) is 28.0 Å². The lowest BCUT2D eigenvalue weighted by Gasteiger charge is -2.17. The highest BCUT2D eigenvalue weighted by atomic mass is 28.4. The van der Waals surface area contributed by atoms with Gasteiger partial charge in [-0.1, -0.05) is 0 Å². The molecule has 0 rings (SSSR count). The summed E-state index contributed by atoms with van der Waals surface area (Å²) in [6, 6.07) is 0. The van der Waals surface area contributed by atoms with Crippen molar-refractivity contribution in [1.82, 2.24) is 0 Å². The normalized spacial score (nSPS) is 10.8. The Morgan fingerprint density at radius 2 is 1.82 bits per heavy atom. The molecule has 11 heavy (non-hydrogen) atoms. The molecule has 64 valence electrons. The van der Waals surface area contributed by atoms with Gasteiger partial charge in [0.15, 0.2) is 0 Å². The van der Waals surface area contributed by atoms with Crippen LogP contribution in [0.1, 0.15) is 13.8 Å². The molecule has 0 saturated heterocycles. The van der Waals surface area contributed by atoms with Crippen molar-refractivity contribution in [3.63, 3.8) is 0 Å². The summed E-state index contributed by atoms with van der Waals surface area (Å²) < 4.78 is 13.9. The molecule has 0 radical (unpaired) electrons. The second-order valence-corrected chi connectivity index (χ2v) is 4.56. The highest BCUT2D eigenvalue weighted by molar-refractivity contribution is 6.64. The van der Waals surface area contributed by atoms with Crippen LogP contribution in [0.3, 0.4) is 0 Å². The molecule has 0 spiro atoms. The van der Waals surface area contributed by atoms with Crippen LogP contribution in [0, 0.1) is 0 Å². The summed E-state index contributed by atoms with van der Waals surface area (Å²) in [5.41, 5.74) is 0. The van der Waals surface area contributed by atoms with Gasteiger partial charge in [-0.05, 0) is 13.8 Å². The number of carbonyl (C=O) groups excluding carboxylic acids is 1. The monoisotopic (exact) mass is 175 g/mol. The Hall–Kier alpha value is -0.483. The summed E-state index contributed by atoms with van der Waals surface area (Å²) in [6.45, 7) is 6.40. The lowest BCUT2D eigenvalue weighted by atomic mass is 10.9. The van der Waals surface area contributed by atoms with Crippen molar-refractivity contribution in [3.05, 3.63) is 0 Å². The van der Waals surface area contributed by atoms with Gasteiger partial charge < -0.3 is 8.85 Å². The zero-order chi connectivity index (χ0) is 8.74. The van der Waals surface area contributed by atoms with E-state index in [2.05, 4.69) is 4.66 Å². The molecule has 0 aromatic carbocycles. The van der Waals surface area contributed by atoms with Gasteiger partial charge in [-0.15, -0.1) is 0 Å². The third-order valence-electron chi connectivity index (χ3n) is 1.07. The van der Waals surface area contributed by atoms with E-state index in [1.165, 1.54) is 6.08 Å². The number of hydrogen-bond acceptors (Lipinski definition) is 4. The Morgan fingerprint density at radius 1 is 1.36 bits per heavy atom. The van der Waals surface area contributed by atoms with Crippen molar-refractivity contribution in [2.45, 2.75) is 20.4 Å². The summed E-state index contributed by atoms with van der Waals surface area (Å²) in [6.07, 6.45) is 1.46. The third-order valence-corrected chi connectivity index (χ3v) is 3.22. The molecule has 0 amide bonds. The van der Waals surface area contributed by atoms with Crippen LogP contribution in [0.4, 0.5) is 0 Å². The molecular weight excluding hydrogens is 162 g/mol. The first-order valence-corrected chi connectivity index (χ1v) is 5.81. The van der Waals surface area contributed by atoms with Gasteiger partial charge in [0.05, 0.1) is 0 Å². The van der Waals surface area contributed by atoms with E-state index in [1.807, 2.05) is 13.8 Å². The smallest absolute Gasteiger partial charge is 0.377 e. The van der Waals surface area contributed by atoms with E-state index in [4.69, 9.17) is 8.85 Å². The van der Waals surface area contributed by atoms with E-state index in [0.717, 1.165) is 0 Å². The molecule has 0 N–H and O–H groups in total. The number of rotatable bonds is 5. The minimum Gasteiger partial charge on any atom is -0.377 e. The Kier molecular flexibility index (Phi) is 4.98. The van der Waals surface area contributed by atoms with E-state index in [1.54, 1.807) is 6.55 Å². The molecule has 4 nitrogen and oxygen atoms in total. The first kappa shape index (κ1) is 10.5. The van der Waals surface area contributed by atoms with E-state index >= 15 is 0 Å². The minimum absolute atomic E-state index is 0.508. The third kappa shape index (κ3) is 4.05. The van der Waals surface area contributed by atoms with Crippen LogP contribution >= 0.6 is 0 Å². The zero-order valence-corrected chi connectivity index (χ0v) is 8.09. The summed E-state index contributed by atoms with van der Waals surface area (Å²) >= 11 is 0. The Balaban J connectivity index is 4.11. The van der Waals surface area contributed by atoms with Gasteiger partial charge in [0.1, 0.15) is 0 Å². The molecule has 0 aliphatic heterocycles. The van der Waals surface area contributed by atoms with Gasteiger partial charge in [0.2, 0.25) is 6.08 Å². The number of isocyanates is 1. The molecule has 0 aliphatic carbocycles. The molecule has 5 heteroatoms. The molecule has 0 saturated carbocycles. The summed E-state index contributed by atoms with van der Waals surface area (Å²) in [4.78, 5) is 9.95. The highest BCUT2D eigenvalue weighted by Gasteiger charge is 2.31. The topological polar surface area (TPSA) is 47.9 Å². The predicted octanol–water partition coefficient (Wildman–Crippen LogP) is 0.964. The Bertz CT molecular complexity index is 150. The zero-order valence-electron chi connectivity index (χ0n) is 7.09. The molecular formula is C6H13NO3Si. The number of nitrogens with zero attached hydrogens (tertiary/aromatic N) is 1. The van der Waals surface area contributed by atoms with Crippen molar-refractivity contribution >= 4 is 14.8 Å². The fourth-order valence-corrected chi connectivity index (χ4v) is 2.17. The van der Waals surface area contributed by atoms with Crippen molar-refractivity contribution < 1.29 is 13.6 Å². The Morgan fingerprint density at radius 3 is 2.09 bits per heavy atom. The van der Waals surface area contributed by atoms with Gasteiger partial charge >= 0.3 is 8.72 Å². The van der Waals surface area contributed by atoms with Crippen LogP contribution in [-0.2, 0) is 13.6 Å². The average Bonchev–Trinajstić information content (AvgIpc) is 1.88. The van der Waals surface area contributed by atoms with Gasteiger partial charge in [0.25, 0.3) is 0 Å². The lowest BCUT2D eigenvalue weighted by Crippen LogP contribution is -2.36. The maximum atomic E-state index is 9.95. The van der Waals surface area contributed by atoms with Crippen LogP contribution in [0.2, 0.25) is 6.55 Å². The molecule has 0 bridgehead atoms. The van der Waals surface area contributed by atoms with Gasteiger partial charge in [-0.2, -0.15) is 4.66 Å². The largest absolute Gasteiger partial charge is 0.485 e. The molecule has 0 heterocycles. The second-order valence-electron chi connectivity index (χ2n) is 1.97. The molecule has 0 aliphatic rings.